The predicted molar refractivity (Wildman–Crippen MR) is 60.1 cm³/mol. The van der Waals surface area contributed by atoms with E-state index in [0.29, 0.717) is 10.5 Å². The largest absolute Gasteiger partial charge is 0.488 e. The van der Waals surface area contributed by atoms with Crippen molar-refractivity contribution in [2.45, 2.75) is 6.92 Å². The van der Waals surface area contributed by atoms with Crippen LogP contribution >= 0.6 is 11.6 Å². The molecule has 0 aromatic heterocycles. The van der Waals surface area contributed by atoms with Gasteiger partial charge in [-0.1, -0.05) is 23.7 Å². The van der Waals surface area contributed by atoms with Crippen LogP contribution in [0.1, 0.15) is 5.56 Å². The van der Waals surface area contributed by atoms with Crippen LogP contribution in [0.5, 0.6) is 0 Å². The van der Waals surface area contributed by atoms with Crippen molar-refractivity contribution in [2.24, 2.45) is 4.99 Å². The van der Waals surface area contributed by atoms with Crippen LogP contribution in [0.25, 0.3) is 0 Å². The second-order valence-electron chi connectivity index (χ2n) is 2.70. The van der Waals surface area contributed by atoms with Gasteiger partial charge in [-0.3, -0.25) is 0 Å². The third-order valence-electron chi connectivity index (χ3n) is 1.57. The number of carbonyl (C=O) groups excluding carboxylic acids is 1. The number of hydrogen-bond acceptors (Lipinski definition) is 4. The van der Waals surface area contributed by atoms with Gasteiger partial charge in [-0.05, 0) is 24.0 Å². The van der Waals surface area contributed by atoms with Gasteiger partial charge in [0.1, 0.15) is 0 Å². The minimum atomic E-state index is -1.41. The third-order valence-corrected chi connectivity index (χ3v) is 2.00. The molecule has 2 N–H and O–H groups in total. The maximum Gasteiger partial charge on any atom is 0.488 e. The van der Waals surface area contributed by atoms with E-state index in [1.165, 1.54) is 13.1 Å². The Morgan fingerprint density at radius 1 is 1.47 bits per heavy atom. The summed E-state index contributed by atoms with van der Waals surface area (Å²) in [7, 11) is -0.0292. The lowest BCUT2D eigenvalue weighted by Gasteiger charge is -2.01. The van der Waals surface area contributed by atoms with Crippen molar-refractivity contribution >= 4 is 30.3 Å². The molecule has 0 bridgehead atoms. The van der Waals surface area contributed by atoms with Crippen LogP contribution in [0.2, 0.25) is 5.02 Å². The van der Waals surface area contributed by atoms with E-state index < -0.39 is 7.12 Å². The first kappa shape index (κ1) is 13.9. The van der Waals surface area contributed by atoms with Gasteiger partial charge in [-0.25, -0.2) is 9.79 Å². The van der Waals surface area contributed by atoms with Crippen molar-refractivity contribution < 1.29 is 14.8 Å². The van der Waals surface area contributed by atoms with Gasteiger partial charge in [0, 0.05) is 12.1 Å². The monoisotopic (exact) mass is 227 g/mol. The van der Waals surface area contributed by atoms with Crippen molar-refractivity contribution in [1.82, 2.24) is 0 Å². The van der Waals surface area contributed by atoms with E-state index in [4.69, 9.17) is 26.4 Å². The summed E-state index contributed by atoms with van der Waals surface area (Å²) in [6.45, 7) is 1.81. The summed E-state index contributed by atoms with van der Waals surface area (Å²) < 4.78 is 0. The van der Waals surface area contributed by atoms with Crippen molar-refractivity contribution in [3.8, 4) is 0 Å². The maximum absolute atomic E-state index is 8.88. The van der Waals surface area contributed by atoms with Crippen LogP contribution in [0.4, 0.5) is 0 Å². The molecule has 0 spiro atoms. The van der Waals surface area contributed by atoms with E-state index in [2.05, 4.69) is 4.99 Å². The summed E-state index contributed by atoms with van der Waals surface area (Å²) in [5.74, 6) is 0. The Balaban J connectivity index is 0.000000423. The molecule has 0 saturated carbocycles. The highest BCUT2D eigenvalue weighted by Crippen LogP contribution is 2.11. The van der Waals surface area contributed by atoms with Crippen LogP contribution in [-0.2, 0) is 4.79 Å². The van der Waals surface area contributed by atoms with Crippen molar-refractivity contribution in [3.63, 3.8) is 0 Å². The minimum absolute atomic E-state index is 0.465. The molecule has 0 aliphatic heterocycles. The zero-order valence-electron chi connectivity index (χ0n) is 8.44. The lowest BCUT2D eigenvalue weighted by atomic mass is 9.80. The third kappa shape index (κ3) is 5.35. The van der Waals surface area contributed by atoms with E-state index in [9.17, 15) is 0 Å². The van der Waals surface area contributed by atoms with E-state index in [0.717, 1.165) is 5.56 Å². The Bertz CT molecular complexity index is 364. The molecular weight excluding hydrogens is 216 g/mol. The van der Waals surface area contributed by atoms with Gasteiger partial charge in [-0.15, -0.1) is 0 Å². The number of aryl methyl sites for hydroxylation is 1. The summed E-state index contributed by atoms with van der Waals surface area (Å²) in [6, 6.07) is 4.87. The normalized spacial score (nSPS) is 8.33. The summed E-state index contributed by atoms with van der Waals surface area (Å²) in [6.07, 6.45) is 1.31. The highest BCUT2D eigenvalue weighted by atomic mass is 35.5. The highest BCUT2D eigenvalue weighted by molar-refractivity contribution is 6.58. The van der Waals surface area contributed by atoms with Gasteiger partial charge in [0.05, 0.1) is 0 Å². The molecule has 4 nitrogen and oxygen atoms in total. The summed E-state index contributed by atoms with van der Waals surface area (Å²) in [5, 5.41) is 18.1. The molecule has 6 heteroatoms. The number of halogens is 1. The first-order valence-corrected chi connectivity index (χ1v) is 4.48. The Kier molecular flexibility index (Phi) is 6.66. The summed E-state index contributed by atoms with van der Waals surface area (Å²) in [5.41, 5.74) is 1.31. The molecular formula is C9H11BClNO3. The van der Waals surface area contributed by atoms with Gasteiger partial charge in [0.2, 0.25) is 6.08 Å². The zero-order valence-corrected chi connectivity index (χ0v) is 9.19. The molecule has 0 saturated heterocycles. The fraction of sp³-hybridized carbons (Fsp3) is 0.222. The molecule has 0 unspecified atom stereocenters. The molecule has 80 valence electrons. The summed E-state index contributed by atoms with van der Waals surface area (Å²) >= 11 is 5.72. The lowest BCUT2D eigenvalue weighted by Crippen LogP contribution is -2.29. The second-order valence-corrected chi connectivity index (χ2v) is 3.10. The Morgan fingerprint density at radius 2 is 2.00 bits per heavy atom. The average Bonchev–Trinajstić information content (AvgIpc) is 2.22. The number of isocyanates is 1. The van der Waals surface area contributed by atoms with Crippen LogP contribution in [0.3, 0.4) is 0 Å². The quantitative estimate of drug-likeness (QED) is 0.411. The van der Waals surface area contributed by atoms with Crippen LogP contribution in [0, 0.1) is 6.92 Å². The Labute approximate surface area is 93.4 Å². The molecule has 1 aromatic rings. The highest BCUT2D eigenvalue weighted by Gasteiger charge is 2.10. The Morgan fingerprint density at radius 3 is 2.33 bits per heavy atom. The summed E-state index contributed by atoms with van der Waals surface area (Å²) in [4.78, 5) is 11.8. The van der Waals surface area contributed by atoms with Crippen molar-refractivity contribution in [1.29, 1.82) is 0 Å². The first-order chi connectivity index (χ1) is 7.02. The van der Waals surface area contributed by atoms with Crippen molar-refractivity contribution in [2.75, 3.05) is 7.05 Å². The van der Waals surface area contributed by atoms with Crippen molar-refractivity contribution in [3.05, 3.63) is 28.8 Å². The Hall–Kier alpha value is -1.13. The minimum Gasteiger partial charge on any atom is -0.423 e. The molecule has 0 amide bonds. The topological polar surface area (TPSA) is 69.9 Å². The fourth-order valence-corrected chi connectivity index (χ4v) is 0.946. The molecule has 1 aromatic carbocycles. The SMILES string of the molecule is CN=C=O.Cc1cc(B(O)O)ccc1Cl. The van der Waals surface area contributed by atoms with Gasteiger partial charge >= 0.3 is 7.12 Å². The van der Waals surface area contributed by atoms with E-state index in [1.54, 1.807) is 18.2 Å². The number of rotatable bonds is 1. The molecule has 0 radical (unpaired) electrons. The van der Waals surface area contributed by atoms with Gasteiger partial charge < -0.3 is 10.0 Å². The molecule has 0 atom stereocenters. The fourth-order valence-electron chi connectivity index (χ4n) is 0.828. The maximum atomic E-state index is 8.88. The number of nitrogens with zero attached hydrogens (tertiary/aromatic N) is 1. The first-order valence-electron chi connectivity index (χ1n) is 4.11. The average molecular weight is 227 g/mol. The smallest absolute Gasteiger partial charge is 0.423 e. The molecule has 0 aliphatic carbocycles. The molecule has 0 fully saturated rings. The molecule has 1 rings (SSSR count). The van der Waals surface area contributed by atoms with E-state index in [-0.39, 0.29) is 0 Å². The van der Waals surface area contributed by atoms with Crippen LogP contribution in [0.15, 0.2) is 23.2 Å². The van der Waals surface area contributed by atoms with Gasteiger partial charge in [-0.2, -0.15) is 0 Å². The van der Waals surface area contributed by atoms with E-state index >= 15 is 0 Å². The number of aliphatic imine (C=N–C) groups is 1. The predicted octanol–water partition coefficient (Wildman–Crippen LogP) is 0.280. The molecule has 0 heterocycles. The van der Waals surface area contributed by atoms with Crippen LogP contribution in [-0.4, -0.2) is 30.3 Å². The number of benzene rings is 1. The molecule has 0 aliphatic rings. The standard InChI is InChI=1S/C7H8BClO2.C2H3NO/c1-5-4-6(8(10)11)2-3-7(5)9;1-3-2-4/h2-4,10-11H,1H3;1H3. The second kappa shape index (κ2) is 7.20. The molecule has 15 heavy (non-hydrogen) atoms. The van der Waals surface area contributed by atoms with Crippen LogP contribution < -0.4 is 5.46 Å². The lowest BCUT2D eigenvalue weighted by molar-refractivity contribution is 0.425. The zero-order chi connectivity index (χ0) is 11.8. The number of hydrogen-bond donors (Lipinski definition) is 2. The van der Waals surface area contributed by atoms with E-state index in [1.807, 2.05) is 6.92 Å². The van der Waals surface area contributed by atoms with Gasteiger partial charge in [0.25, 0.3) is 0 Å². The van der Waals surface area contributed by atoms with Gasteiger partial charge in [0.15, 0.2) is 0 Å².